The fraction of sp³-hybridized carbons (Fsp3) is 0.818. The van der Waals surface area contributed by atoms with Crippen molar-refractivity contribution in [3.8, 4) is 0 Å². The number of aliphatic carboxylic acids is 1. The van der Waals surface area contributed by atoms with Gasteiger partial charge in [0.05, 0.1) is 5.54 Å². The molecule has 2 atom stereocenters. The average Bonchev–Trinajstić information content (AvgIpc) is 2.61. The Balaban J connectivity index is 2.65. The molecule has 5 nitrogen and oxygen atoms in total. The molecule has 3 N–H and O–H groups in total. The minimum atomic E-state index is -0.982. The van der Waals surface area contributed by atoms with Crippen LogP contribution in [0, 0.1) is 5.92 Å². The van der Waals surface area contributed by atoms with E-state index >= 15 is 0 Å². The Labute approximate surface area is 95.6 Å². The second-order valence-electron chi connectivity index (χ2n) is 4.90. The van der Waals surface area contributed by atoms with Gasteiger partial charge in [0.2, 0.25) is 5.91 Å². The standard InChI is InChI=1S/C11H20N2O3/c1-7(2)8(9(14)15)13-10(16)11(3)5-4-6-12-11/h7-8,12H,4-6H2,1-3H3,(H,13,16)(H,14,15)/t8-,11?/m0/s1. The molecule has 1 saturated heterocycles. The van der Waals surface area contributed by atoms with Crippen LogP contribution in [0.25, 0.3) is 0 Å². The molecule has 0 aromatic rings. The maximum absolute atomic E-state index is 11.9. The molecule has 1 aliphatic heterocycles. The first-order valence-electron chi connectivity index (χ1n) is 5.65. The Kier molecular flexibility index (Phi) is 3.91. The van der Waals surface area contributed by atoms with E-state index in [2.05, 4.69) is 10.6 Å². The Morgan fingerprint density at radius 1 is 1.44 bits per heavy atom. The zero-order chi connectivity index (χ0) is 12.3. The summed E-state index contributed by atoms with van der Waals surface area (Å²) in [6.07, 6.45) is 1.70. The molecule has 0 saturated carbocycles. The number of amides is 1. The fourth-order valence-corrected chi connectivity index (χ4v) is 1.90. The van der Waals surface area contributed by atoms with Crippen LogP contribution in [0.1, 0.15) is 33.6 Å². The molecular weight excluding hydrogens is 208 g/mol. The van der Waals surface area contributed by atoms with Crippen molar-refractivity contribution in [3.05, 3.63) is 0 Å². The predicted octanol–water partition coefficient (Wildman–Crippen LogP) is 0.354. The Hall–Kier alpha value is -1.10. The molecule has 1 heterocycles. The molecule has 5 heteroatoms. The average molecular weight is 228 g/mol. The van der Waals surface area contributed by atoms with Gasteiger partial charge in [-0.3, -0.25) is 4.79 Å². The molecule has 0 spiro atoms. The number of rotatable bonds is 4. The third-order valence-electron chi connectivity index (χ3n) is 3.09. The highest BCUT2D eigenvalue weighted by molar-refractivity contribution is 5.90. The Bertz CT molecular complexity index is 283. The summed E-state index contributed by atoms with van der Waals surface area (Å²) in [6.45, 7) is 6.19. The number of hydrogen-bond acceptors (Lipinski definition) is 3. The van der Waals surface area contributed by atoms with E-state index in [4.69, 9.17) is 5.11 Å². The molecule has 0 aromatic carbocycles. The molecule has 1 rings (SSSR count). The van der Waals surface area contributed by atoms with Crippen LogP contribution < -0.4 is 10.6 Å². The summed E-state index contributed by atoms with van der Waals surface area (Å²) >= 11 is 0. The second kappa shape index (κ2) is 4.82. The summed E-state index contributed by atoms with van der Waals surface area (Å²) in [4.78, 5) is 22.9. The molecule has 0 aliphatic carbocycles. The normalized spacial score (nSPS) is 26.8. The lowest BCUT2D eigenvalue weighted by atomic mass is 9.97. The van der Waals surface area contributed by atoms with Gasteiger partial charge in [0, 0.05) is 0 Å². The summed E-state index contributed by atoms with van der Waals surface area (Å²) in [7, 11) is 0. The molecule has 1 amide bonds. The topological polar surface area (TPSA) is 78.4 Å². The van der Waals surface area contributed by atoms with Crippen LogP contribution in [0.3, 0.4) is 0 Å². The smallest absolute Gasteiger partial charge is 0.326 e. The van der Waals surface area contributed by atoms with Gasteiger partial charge in [-0.25, -0.2) is 4.79 Å². The van der Waals surface area contributed by atoms with E-state index < -0.39 is 17.6 Å². The van der Waals surface area contributed by atoms with E-state index in [1.165, 1.54) is 0 Å². The lowest BCUT2D eigenvalue weighted by Crippen LogP contribution is -2.56. The van der Waals surface area contributed by atoms with E-state index in [0.29, 0.717) is 0 Å². The molecule has 0 aromatic heterocycles. The van der Waals surface area contributed by atoms with Crippen molar-refractivity contribution in [2.24, 2.45) is 5.92 Å². The number of hydrogen-bond donors (Lipinski definition) is 3. The van der Waals surface area contributed by atoms with Crippen LogP contribution >= 0.6 is 0 Å². The number of carboxylic acid groups (broad SMARTS) is 1. The fourth-order valence-electron chi connectivity index (χ4n) is 1.90. The molecule has 1 unspecified atom stereocenters. The largest absolute Gasteiger partial charge is 0.480 e. The van der Waals surface area contributed by atoms with E-state index in [-0.39, 0.29) is 11.8 Å². The molecule has 0 radical (unpaired) electrons. The van der Waals surface area contributed by atoms with E-state index in [9.17, 15) is 9.59 Å². The van der Waals surface area contributed by atoms with E-state index in [1.54, 1.807) is 13.8 Å². The summed E-state index contributed by atoms with van der Waals surface area (Å²) in [6, 6.07) is -0.813. The molecule has 0 bridgehead atoms. The second-order valence-corrected chi connectivity index (χ2v) is 4.90. The van der Waals surface area contributed by atoms with Crippen molar-refractivity contribution in [1.82, 2.24) is 10.6 Å². The number of carboxylic acids is 1. The van der Waals surface area contributed by atoms with Gasteiger partial charge in [-0.05, 0) is 32.2 Å². The maximum Gasteiger partial charge on any atom is 0.326 e. The highest BCUT2D eigenvalue weighted by Crippen LogP contribution is 2.19. The van der Waals surface area contributed by atoms with Gasteiger partial charge >= 0.3 is 5.97 Å². The van der Waals surface area contributed by atoms with Crippen LogP contribution in [-0.2, 0) is 9.59 Å². The van der Waals surface area contributed by atoms with Crippen LogP contribution in [-0.4, -0.2) is 35.1 Å². The van der Waals surface area contributed by atoms with Crippen molar-refractivity contribution in [2.45, 2.75) is 45.2 Å². The van der Waals surface area contributed by atoms with Crippen molar-refractivity contribution < 1.29 is 14.7 Å². The number of carbonyl (C=O) groups is 2. The van der Waals surface area contributed by atoms with Crippen molar-refractivity contribution in [2.75, 3.05) is 6.54 Å². The highest BCUT2D eigenvalue weighted by Gasteiger charge is 2.38. The minimum absolute atomic E-state index is 0.119. The predicted molar refractivity (Wildman–Crippen MR) is 60.0 cm³/mol. The monoisotopic (exact) mass is 228 g/mol. The van der Waals surface area contributed by atoms with E-state index in [0.717, 1.165) is 19.4 Å². The van der Waals surface area contributed by atoms with Crippen LogP contribution in [0.2, 0.25) is 0 Å². The molecule has 1 aliphatic rings. The quantitative estimate of drug-likeness (QED) is 0.649. The zero-order valence-electron chi connectivity index (χ0n) is 10.0. The highest BCUT2D eigenvalue weighted by atomic mass is 16.4. The molecule has 1 fully saturated rings. The van der Waals surface area contributed by atoms with Crippen LogP contribution in [0.4, 0.5) is 0 Å². The van der Waals surface area contributed by atoms with E-state index in [1.807, 2.05) is 6.92 Å². The first-order valence-corrected chi connectivity index (χ1v) is 5.65. The number of nitrogens with one attached hydrogen (secondary N) is 2. The maximum atomic E-state index is 11.9. The summed E-state index contributed by atoms with van der Waals surface area (Å²) < 4.78 is 0. The number of carbonyl (C=O) groups excluding carboxylic acids is 1. The summed E-state index contributed by atoms with van der Waals surface area (Å²) in [5.41, 5.74) is -0.609. The molecule has 92 valence electrons. The van der Waals surface area contributed by atoms with Gasteiger partial charge in [-0.2, -0.15) is 0 Å². The lowest BCUT2D eigenvalue weighted by molar-refractivity contribution is -0.144. The summed E-state index contributed by atoms with van der Waals surface area (Å²) in [5, 5.41) is 14.7. The van der Waals surface area contributed by atoms with Gasteiger partial charge in [0.25, 0.3) is 0 Å². The third-order valence-corrected chi connectivity index (χ3v) is 3.09. The summed E-state index contributed by atoms with van der Waals surface area (Å²) in [5.74, 6) is -1.32. The molecular formula is C11H20N2O3. The lowest BCUT2D eigenvalue weighted by Gasteiger charge is -2.27. The first-order chi connectivity index (χ1) is 7.37. The van der Waals surface area contributed by atoms with Gasteiger partial charge < -0.3 is 15.7 Å². The SMILES string of the molecule is CC(C)[C@H](NC(=O)C1(C)CCCN1)C(=O)O. The van der Waals surface area contributed by atoms with Crippen LogP contribution in [0.15, 0.2) is 0 Å². The van der Waals surface area contributed by atoms with Gasteiger partial charge in [0.1, 0.15) is 6.04 Å². The van der Waals surface area contributed by atoms with Gasteiger partial charge in [0.15, 0.2) is 0 Å². The first kappa shape index (κ1) is 13.0. The van der Waals surface area contributed by atoms with Crippen LogP contribution in [0.5, 0.6) is 0 Å². The minimum Gasteiger partial charge on any atom is -0.480 e. The Morgan fingerprint density at radius 2 is 2.06 bits per heavy atom. The Morgan fingerprint density at radius 3 is 2.44 bits per heavy atom. The van der Waals surface area contributed by atoms with Gasteiger partial charge in [-0.1, -0.05) is 13.8 Å². The third kappa shape index (κ3) is 2.72. The zero-order valence-corrected chi connectivity index (χ0v) is 10.0. The van der Waals surface area contributed by atoms with Gasteiger partial charge in [-0.15, -0.1) is 0 Å². The molecule has 16 heavy (non-hydrogen) atoms. The van der Waals surface area contributed by atoms with Crippen molar-refractivity contribution >= 4 is 11.9 Å². The van der Waals surface area contributed by atoms with Crippen molar-refractivity contribution in [3.63, 3.8) is 0 Å². The van der Waals surface area contributed by atoms with Crippen molar-refractivity contribution in [1.29, 1.82) is 0 Å².